The van der Waals surface area contributed by atoms with Crippen LogP contribution in [0.2, 0.25) is 0 Å². The minimum atomic E-state index is -1.16. The summed E-state index contributed by atoms with van der Waals surface area (Å²) in [5, 5.41) is 17.3. The van der Waals surface area contributed by atoms with Gasteiger partial charge in [-0.25, -0.2) is 0 Å². The van der Waals surface area contributed by atoms with E-state index in [1.807, 2.05) is 0 Å². The summed E-state index contributed by atoms with van der Waals surface area (Å²) in [6, 6.07) is 0. The van der Waals surface area contributed by atoms with Crippen LogP contribution in [0, 0.1) is 0 Å². The molecule has 0 radical (unpaired) electrons. The van der Waals surface area contributed by atoms with Gasteiger partial charge in [-0.15, -0.1) is 0 Å². The van der Waals surface area contributed by atoms with Crippen molar-refractivity contribution in [2.45, 2.75) is 31.8 Å². The third-order valence-corrected chi connectivity index (χ3v) is 5.24. The molecule has 10 N–H and O–H groups in total. The lowest BCUT2D eigenvalue weighted by Gasteiger charge is -2.17. The lowest BCUT2D eigenvalue weighted by Crippen LogP contribution is -2.47. The normalized spacial score (nSPS) is 16.2. The van der Waals surface area contributed by atoms with Crippen molar-refractivity contribution in [2.75, 3.05) is 36.1 Å². The van der Waals surface area contributed by atoms with Crippen molar-refractivity contribution in [3.63, 3.8) is 0 Å². The van der Waals surface area contributed by atoms with E-state index in [1.165, 1.54) is 37.4 Å². The first-order valence-electron chi connectivity index (χ1n) is 7.53. The fourth-order valence-corrected chi connectivity index (χ4v) is 2.83. The zero-order valence-corrected chi connectivity index (χ0v) is 16.7. The van der Waals surface area contributed by atoms with Gasteiger partial charge in [0, 0.05) is 36.1 Å². The highest BCUT2D eigenvalue weighted by Crippen LogP contribution is 2.10. The molecular weight excluding hydrogens is 366 g/mol. The molecule has 1 unspecified atom stereocenters. The van der Waals surface area contributed by atoms with Gasteiger partial charge >= 0.3 is 11.9 Å². The predicted octanol–water partition coefficient (Wildman–Crippen LogP) is -0.621. The molecular formula is C14H31N5O4S2. The highest BCUT2D eigenvalue weighted by molar-refractivity contribution is 7.99. The smallest absolute Gasteiger partial charge is 0.324 e. The van der Waals surface area contributed by atoms with Crippen LogP contribution in [0.25, 0.3) is 0 Å². The van der Waals surface area contributed by atoms with Crippen LogP contribution in [0.3, 0.4) is 0 Å². The van der Waals surface area contributed by atoms with Gasteiger partial charge in [0.05, 0.1) is 5.84 Å². The van der Waals surface area contributed by atoms with Gasteiger partial charge < -0.3 is 33.1 Å². The van der Waals surface area contributed by atoms with Crippen LogP contribution in [0.15, 0.2) is 4.99 Å². The topological polar surface area (TPSA) is 191 Å². The van der Waals surface area contributed by atoms with E-state index in [0.29, 0.717) is 30.4 Å². The first-order valence-corrected chi connectivity index (χ1v) is 9.84. The Bertz CT molecular complexity index is 441. The standard InChI is InChI=1S/C8H17N3O2S.C6H14N2O2S/c1-6(9)11-3-4-14-5-8(2,10)7(12)13;1-6(8,5(9)10)4-11-3-2-7/h3-5,10H2,1-2H3,(H2,9,11)(H,12,13);2-4,7-8H2,1H3,(H,9,10)/t8-;/m0./s1. The predicted molar refractivity (Wildman–Crippen MR) is 106 cm³/mol. The monoisotopic (exact) mass is 397 g/mol. The first-order chi connectivity index (χ1) is 11.4. The third-order valence-electron chi connectivity index (χ3n) is 2.64. The minimum absolute atomic E-state index is 0.376. The molecule has 25 heavy (non-hydrogen) atoms. The fraction of sp³-hybridized carbons (Fsp3) is 0.786. The molecule has 11 heteroatoms. The quantitative estimate of drug-likeness (QED) is 0.149. The Morgan fingerprint density at radius 2 is 1.40 bits per heavy atom. The second-order valence-corrected chi connectivity index (χ2v) is 8.07. The average Bonchev–Trinajstić information content (AvgIpc) is 2.47. The van der Waals surface area contributed by atoms with Crippen LogP contribution in [0.5, 0.6) is 0 Å². The van der Waals surface area contributed by atoms with Gasteiger partial charge in [0.1, 0.15) is 11.1 Å². The summed E-state index contributed by atoms with van der Waals surface area (Å²) in [6.45, 7) is 5.87. The Labute approximate surface area is 157 Å². The maximum atomic E-state index is 10.6. The number of amidine groups is 1. The van der Waals surface area contributed by atoms with Crippen molar-refractivity contribution >= 4 is 41.3 Å². The van der Waals surface area contributed by atoms with Crippen LogP contribution in [-0.2, 0) is 9.59 Å². The average molecular weight is 398 g/mol. The highest BCUT2D eigenvalue weighted by atomic mass is 32.2. The third kappa shape index (κ3) is 15.0. The second kappa shape index (κ2) is 13.2. The molecule has 0 saturated carbocycles. The van der Waals surface area contributed by atoms with Crippen molar-refractivity contribution in [2.24, 2.45) is 27.9 Å². The number of rotatable bonds is 11. The molecule has 0 amide bonds. The molecule has 0 fully saturated rings. The highest BCUT2D eigenvalue weighted by Gasteiger charge is 2.27. The minimum Gasteiger partial charge on any atom is -0.480 e. The number of aliphatic carboxylic acids is 2. The van der Waals surface area contributed by atoms with Gasteiger partial charge in [-0.3, -0.25) is 14.6 Å². The van der Waals surface area contributed by atoms with Gasteiger partial charge in [0.25, 0.3) is 0 Å². The number of aliphatic imine (C=N–C) groups is 1. The van der Waals surface area contributed by atoms with E-state index in [-0.39, 0.29) is 0 Å². The van der Waals surface area contributed by atoms with Gasteiger partial charge in [-0.1, -0.05) is 0 Å². The van der Waals surface area contributed by atoms with Crippen molar-refractivity contribution < 1.29 is 19.8 Å². The van der Waals surface area contributed by atoms with Gasteiger partial charge in [-0.2, -0.15) is 23.5 Å². The number of hydrogen-bond donors (Lipinski definition) is 6. The van der Waals surface area contributed by atoms with Crippen LogP contribution in [0.1, 0.15) is 20.8 Å². The summed E-state index contributed by atoms with van der Waals surface area (Å²) in [4.78, 5) is 25.0. The number of carbonyl (C=O) groups is 2. The zero-order chi connectivity index (χ0) is 20.1. The number of hydrogen-bond acceptors (Lipinski definition) is 8. The van der Waals surface area contributed by atoms with Gasteiger partial charge in [0.2, 0.25) is 0 Å². The van der Waals surface area contributed by atoms with Crippen LogP contribution in [-0.4, -0.2) is 75.2 Å². The van der Waals surface area contributed by atoms with E-state index in [9.17, 15) is 9.59 Å². The summed E-state index contributed by atoms with van der Waals surface area (Å²) in [7, 11) is 0. The Kier molecular flexibility index (Phi) is 13.9. The molecule has 148 valence electrons. The summed E-state index contributed by atoms with van der Waals surface area (Å²) in [5.74, 6) is 0.847. The molecule has 0 rings (SSSR count). The molecule has 0 saturated heterocycles. The van der Waals surface area contributed by atoms with Crippen molar-refractivity contribution in [3.05, 3.63) is 0 Å². The van der Waals surface area contributed by atoms with E-state index in [2.05, 4.69) is 4.99 Å². The molecule has 0 aliphatic carbocycles. The largest absolute Gasteiger partial charge is 0.480 e. The maximum Gasteiger partial charge on any atom is 0.324 e. The van der Waals surface area contributed by atoms with E-state index in [0.717, 1.165) is 11.5 Å². The number of carboxylic acids is 2. The molecule has 0 spiro atoms. The van der Waals surface area contributed by atoms with Crippen molar-refractivity contribution in [1.29, 1.82) is 0 Å². The molecule has 9 nitrogen and oxygen atoms in total. The Balaban J connectivity index is 0. The molecule has 0 aromatic rings. The maximum absolute atomic E-state index is 10.6. The van der Waals surface area contributed by atoms with E-state index in [4.69, 9.17) is 33.1 Å². The Morgan fingerprint density at radius 3 is 1.72 bits per heavy atom. The van der Waals surface area contributed by atoms with Crippen LogP contribution >= 0.6 is 23.5 Å². The molecule has 0 aliphatic heterocycles. The SMILES string of the molecule is CC(N)(CSCCN)C(=O)O.CC(N)=NCCSC[C@](C)(N)C(=O)O. The lowest BCUT2D eigenvalue weighted by molar-refractivity contribution is -0.142. The second-order valence-electron chi connectivity index (χ2n) is 5.86. The van der Waals surface area contributed by atoms with Crippen molar-refractivity contribution in [1.82, 2.24) is 0 Å². The van der Waals surface area contributed by atoms with E-state index < -0.39 is 23.0 Å². The first kappa shape index (κ1) is 26.2. The van der Waals surface area contributed by atoms with Gasteiger partial charge in [-0.05, 0) is 20.8 Å². The fourth-order valence-electron chi connectivity index (χ4n) is 1.06. The molecule has 0 heterocycles. The molecule has 0 aliphatic rings. The number of nitrogens with zero attached hydrogens (tertiary/aromatic N) is 1. The number of carboxylic acid groups (broad SMARTS) is 2. The lowest BCUT2D eigenvalue weighted by atomic mass is 10.1. The van der Waals surface area contributed by atoms with Crippen LogP contribution < -0.4 is 22.9 Å². The van der Waals surface area contributed by atoms with E-state index in [1.54, 1.807) is 6.92 Å². The Hall–Kier alpha value is -1.01. The number of thioether (sulfide) groups is 2. The van der Waals surface area contributed by atoms with E-state index >= 15 is 0 Å². The molecule has 0 bridgehead atoms. The summed E-state index contributed by atoms with van der Waals surface area (Å²) in [6.07, 6.45) is 0. The van der Waals surface area contributed by atoms with Crippen molar-refractivity contribution in [3.8, 4) is 0 Å². The van der Waals surface area contributed by atoms with Gasteiger partial charge in [0.15, 0.2) is 0 Å². The zero-order valence-electron chi connectivity index (χ0n) is 15.0. The summed E-state index contributed by atoms with van der Waals surface area (Å²) >= 11 is 2.92. The van der Waals surface area contributed by atoms with Crippen LogP contribution in [0.4, 0.5) is 0 Å². The molecule has 0 aromatic carbocycles. The summed E-state index contributed by atoms with van der Waals surface area (Å²) in [5.41, 5.74) is 19.2. The summed E-state index contributed by atoms with van der Waals surface area (Å²) < 4.78 is 0. The molecule has 2 atom stereocenters. The Morgan fingerprint density at radius 1 is 1.00 bits per heavy atom. The molecule has 0 aromatic heterocycles. The number of nitrogens with two attached hydrogens (primary N) is 4.